The molecule has 2 aromatic carbocycles. The predicted molar refractivity (Wildman–Crippen MR) is 244 cm³/mol. The highest BCUT2D eigenvalue weighted by Gasteiger charge is 2.63. The number of nitrogens with zero attached hydrogens (tertiary/aromatic N) is 3. The fraction of sp³-hybridized carbons (Fsp3) is 0.468. The lowest BCUT2D eigenvalue weighted by molar-refractivity contribution is -0.140. The van der Waals surface area contributed by atoms with Crippen molar-refractivity contribution in [1.82, 2.24) is 24.9 Å². The van der Waals surface area contributed by atoms with Crippen LogP contribution in [-0.2, 0) is 24.4 Å². The number of sulfonamides is 1. The number of pyridine rings is 1. The third-order valence-electron chi connectivity index (χ3n) is 12.6. The number of unbranched alkanes of at least 4 members (excludes halogenated alkanes) is 3. The molecular formula is C47H57FN6O7S2. The second-order valence-electron chi connectivity index (χ2n) is 17.5. The number of aromatic nitrogens is 2. The molecule has 3 heterocycles. The van der Waals surface area contributed by atoms with Gasteiger partial charge in [0, 0.05) is 40.4 Å². The Hall–Kier alpha value is -5.35. The monoisotopic (exact) mass is 900 g/mol. The number of carbonyl (C=O) groups excluding carboxylic acids is 3. The average Bonchev–Trinajstić information content (AvgIpc) is 4.04. The van der Waals surface area contributed by atoms with Crippen LogP contribution in [0.15, 0.2) is 73.2 Å². The molecule has 3 N–H and O–H groups in total. The number of amides is 3. The number of ether oxygens (including phenoxy) is 2. The van der Waals surface area contributed by atoms with Crippen LogP contribution in [0.5, 0.6) is 11.5 Å². The van der Waals surface area contributed by atoms with Crippen LogP contribution in [0, 0.1) is 18.7 Å². The van der Waals surface area contributed by atoms with Crippen LogP contribution in [0.1, 0.15) is 95.7 Å². The molecule has 1 saturated heterocycles. The van der Waals surface area contributed by atoms with Gasteiger partial charge < -0.3 is 25.0 Å². The molecule has 336 valence electrons. The molecule has 1 aliphatic heterocycles. The molecule has 5 atom stereocenters. The van der Waals surface area contributed by atoms with Crippen molar-refractivity contribution in [3.05, 3.63) is 90.2 Å². The molecule has 2 aliphatic carbocycles. The summed E-state index contributed by atoms with van der Waals surface area (Å²) < 4.78 is 54.5. The highest BCUT2D eigenvalue weighted by atomic mass is 32.2. The number of nitrogens with one attached hydrogen (secondary N) is 3. The highest BCUT2D eigenvalue weighted by Crippen LogP contribution is 2.47. The zero-order valence-corrected chi connectivity index (χ0v) is 38.2. The number of allylic oxidation sites excluding steroid dienone is 1. The van der Waals surface area contributed by atoms with Crippen LogP contribution in [0.4, 0.5) is 10.1 Å². The number of halogens is 1. The summed E-state index contributed by atoms with van der Waals surface area (Å²) in [7, 11) is -2.43. The van der Waals surface area contributed by atoms with E-state index in [0.29, 0.717) is 64.5 Å². The molecule has 0 spiro atoms. The summed E-state index contributed by atoms with van der Waals surface area (Å²) >= 11 is 1.48. The molecular weight excluding hydrogens is 844 g/mol. The number of aryl methyl sites for hydroxylation is 1. The van der Waals surface area contributed by atoms with E-state index in [9.17, 15) is 27.2 Å². The van der Waals surface area contributed by atoms with Crippen LogP contribution >= 0.6 is 11.3 Å². The van der Waals surface area contributed by atoms with E-state index >= 15 is 0 Å². The summed E-state index contributed by atoms with van der Waals surface area (Å²) in [4.78, 5) is 54.8. The number of thiazole rings is 1. The maximum Gasteiger partial charge on any atom is 0.259 e. The number of rotatable bonds is 20. The Balaban J connectivity index is 1.24. The Labute approximate surface area is 373 Å². The number of hydrogen-bond acceptors (Lipinski definition) is 11. The van der Waals surface area contributed by atoms with Crippen LogP contribution < -0.4 is 24.8 Å². The number of anilines is 1. The molecule has 3 aliphatic rings. The highest BCUT2D eigenvalue weighted by molar-refractivity contribution is 7.91. The van der Waals surface area contributed by atoms with Gasteiger partial charge in [-0.1, -0.05) is 44.9 Å². The van der Waals surface area contributed by atoms with Crippen LogP contribution in [-0.4, -0.2) is 83.1 Å². The molecule has 16 heteroatoms. The third kappa shape index (κ3) is 9.62. The Kier molecular flexibility index (Phi) is 13.3. The quantitative estimate of drug-likeness (QED) is 0.0585. The van der Waals surface area contributed by atoms with Gasteiger partial charge in [-0.05, 0) is 88.6 Å². The molecule has 0 radical (unpaired) electrons. The van der Waals surface area contributed by atoms with E-state index in [1.165, 1.54) is 34.4 Å². The van der Waals surface area contributed by atoms with Crippen molar-refractivity contribution >= 4 is 55.7 Å². The molecule has 0 bridgehead atoms. The molecule has 2 aromatic heterocycles. The Morgan fingerprint density at radius 3 is 2.51 bits per heavy atom. The zero-order chi connectivity index (χ0) is 45.3. The number of fused-ring (bicyclic) bond motifs is 1. The number of likely N-dealkylation sites (tertiary alicyclic amines) is 1. The zero-order valence-electron chi connectivity index (χ0n) is 36.5. The lowest BCUT2D eigenvalue weighted by Crippen LogP contribution is -2.58. The largest absolute Gasteiger partial charge is 0.496 e. The van der Waals surface area contributed by atoms with Gasteiger partial charge in [-0.25, -0.2) is 22.8 Å². The average molecular weight is 901 g/mol. The SMILES string of the molecule is C=CCCCCC[C@H](Nc1cccc(F)c1)C(=O)N1C[C@H](Oc2cc(-c3nc(C(C)C)cs3)nc3c(C)c(OC)ccc23)C[C@H]1C(=O)N[C@]1(C(=O)NS(=O)(=O)C2(C)CC2)C[C@H]1C=C. The van der Waals surface area contributed by atoms with Crippen molar-refractivity contribution in [2.75, 3.05) is 19.0 Å². The van der Waals surface area contributed by atoms with Crippen LogP contribution in [0.3, 0.4) is 0 Å². The normalized spacial score (nSPS) is 21.7. The molecule has 2 saturated carbocycles. The van der Waals surface area contributed by atoms with Gasteiger partial charge in [0.25, 0.3) is 5.91 Å². The maximum absolute atomic E-state index is 14.9. The summed E-state index contributed by atoms with van der Waals surface area (Å²) in [6, 6.07) is 9.42. The summed E-state index contributed by atoms with van der Waals surface area (Å²) in [6.45, 7) is 15.3. The van der Waals surface area contributed by atoms with Gasteiger partial charge in [0.05, 0.1) is 29.6 Å². The van der Waals surface area contributed by atoms with Gasteiger partial charge in [0.2, 0.25) is 21.8 Å². The number of benzene rings is 2. The maximum atomic E-state index is 14.9. The molecule has 7 rings (SSSR count). The number of methoxy groups -OCH3 is 1. The molecule has 0 unspecified atom stereocenters. The first kappa shape index (κ1) is 45.7. The standard InChI is InChI=1S/C47H57FN6O7S2/c1-8-10-11-12-13-17-35(49-32-16-14-15-31(48)22-32)44(56)54-26-33(23-38(54)42(55)52-47(25-30(47)9-2)45(57)53-63(58,59)46(6)20-21-46)61-40-24-36(43-51-37(27-62-43)28(3)4)50-41-29(5)39(60-7)19-18-34(40)41/h8-9,14-16,18-19,22,24,27-28,30,33,35,38,49H,1-2,10-13,17,20-21,23,25-26H2,3-7H3,(H,52,55)(H,53,57)/t30-,33-,35+,38+,47-/m1/s1. The van der Waals surface area contributed by atoms with Crippen molar-refractivity contribution in [3.63, 3.8) is 0 Å². The molecule has 13 nitrogen and oxygen atoms in total. The van der Waals surface area contributed by atoms with Crippen molar-refractivity contribution < 1.29 is 36.7 Å². The van der Waals surface area contributed by atoms with E-state index < -0.39 is 68.0 Å². The van der Waals surface area contributed by atoms with Gasteiger partial charge in [-0.2, -0.15) is 0 Å². The van der Waals surface area contributed by atoms with E-state index in [4.69, 9.17) is 19.4 Å². The summed E-state index contributed by atoms with van der Waals surface area (Å²) in [5.74, 6) is -1.57. The van der Waals surface area contributed by atoms with Crippen molar-refractivity contribution in [3.8, 4) is 22.2 Å². The minimum Gasteiger partial charge on any atom is -0.496 e. The molecule has 3 fully saturated rings. The summed E-state index contributed by atoms with van der Waals surface area (Å²) in [6.07, 6.45) is 7.24. The van der Waals surface area contributed by atoms with E-state index in [2.05, 4.69) is 42.4 Å². The third-order valence-corrected chi connectivity index (χ3v) is 15.6. The fourth-order valence-corrected chi connectivity index (χ4v) is 10.5. The molecule has 4 aromatic rings. The first-order valence-electron chi connectivity index (χ1n) is 21.6. The Bertz CT molecular complexity index is 2520. The molecule has 63 heavy (non-hydrogen) atoms. The van der Waals surface area contributed by atoms with E-state index in [1.807, 2.05) is 36.6 Å². The van der Waals surface area contributed by atoms with E-state index in [1.54, 1.807) is 26.2 Å². The Morgan fingerprint density at radius 2 is 1.86 bits per heavy atom. The van der Waals surface area contributed by atoms with Gasteiger partial charge in [-0.3, -0.25) is 19.1 Å². The number of carbonyl (C=O) groups is 3. The second-order valence-corrected chi connectivity index (χ2v) is 20.6. The minimum atomic E-state index is -4.02. The van der Waals surface area contributed by atoms with Crippen LogP contribution in [0.25, 0.3) is 21.6 Å². The lowest BCUT2D eigenvalue weighted by atomic mass is 10.0. The van der Waals surface area contributed by atoms with Gasteiger partial charge in [-0.15, -0.1) is 24.5 Å². The molecule has 3 amide bonds. The first-order chi connectivity index (χ1) is 30.0. The van der Waals surface area contributed by atoms with Crippen molar-refractivity contribution in [2.45, 2.75) is 120 Å². The Morgan fingerprint density at radius 1 is 1.08 bits per heavy atom. The smallest absolute Gasteiger partial charge is 0.259 e. The van der Waals surface area contributed by atoms with Gasteiger partial charge in [0.15, 0.2) is 0 Å². The topological polar surface area (TPSA) is 169 Å². The van der Waals surface area contributed by atoms with Crippen LogP contribution in [0.2, 0.25) is 0 Å². The van der Waals surface area contributed by atoms with Crippen molar-refractivity contribution in [1.29, 1.82) is 0 Å². The summed E-state index contributed by atoms with van der Waals surface area (Å²) in [5, 5.41) is 9.52. The van der Waals surface area contributed by atoms with E-state index in [0.717, 1.165) is 30.5 Å². The number of hydrogen-bond donors (Lipinski definition) is 3. The summed E-state index contributed by atoms with van der Waals surface area (Å²) in [5.41, 5.74) is 1.79. The first-order valence-corrected chi connectivity index (χ1v) is 23.9. The van der Waals surface area contributed by atoms with Gasteiger partial charge >= 0.3 is 0 Å². The minimum absolute atomic E-state index is 0.00539. The fourth-order valence-electron chi connectivity index (χ4n) is 8.20. The van der Waals surface area contributed by atoms with Crippen molar-refractivity contribution in [2.24, 2.45) is 5.92 Å². The van der Waals surface area contributed by atoms with Gasteiger partial charge in [0.1, 0.15) is 51.7 Å². The van der Waals surface area contributed by atoms with E-state index in [-0.39, 0.29) is 25.3 Å². The second kappa shape index (κ2) is 18.4. The predicted octanol–water partition coefficient (Wildman–Crippen LogP) is 7.96. The lowest BCUT2D eigenvalue weighted by Gasteiger charge is -2.30.